The Morgan fingerprint density at radius 1 is 1.45 bits per heavy atom. The van der Waals surface area contributed by atoms with Gasteiger partial charge in [-0.15, -0.1) is 0 Å². The molecule has 1 aliphatic carbocycles. The molecular weight excluding hydrogens is 271 g/mol. The lowest BCUT2D eigenvalue weighted by Crippen LogP contribution is -2.31. The maximum absolute atomic E-state index is 12.7. The highest BCUT2D eigenvalue weighted by molar-refractivity contribution is 5.56. The minimum Gasteiger partial charge on any atom is -0.383 e. The molecule has 108 valence electrons. The van der Waals surface area contributed by atoms with Gasteiger partial charge in [-0.2, -0.15) is 18.4 Å². The van der Waals surface area contributed by atoms with Gasteiger partial charge < -0.3 is 9.64 Å². The first-order valence-electron chi connectivity index (χ1n) is 6.21. The molecule has 0 atom stereocenters. The molecule has 1 heterocycles. The summed E-state index contributed by atoms with van der Waals surface area (Å²) in [6.07, 6.45) is -2.72. The summed E-state index contributed by atoms with van der Waals surface area (Å²) in [5, 5.41) is 9.06. The van der Waals surface area contributed by atoms with Crippen molar-refractivity contribution in [3.8, 4) is 6.07 Å². The topological polar surface area (TPSA) is 49.1 Å². The maximum Gasteiger partial charge on any atom is 0.433 e. The Bertz CT molecular complexity index is 521. The summed E-state index contributed by atoms with van der Waals surface area (Å²) in [6.45, 7) is 0.795. The smallest absolute Gasteiger partial charge is 0.383 e. The number of anilines is 1. The molecule has 1 saturated carbocycles. The van der Waals surface area contributed by atoms with Gasteiger partial charge in [0.2, 0.25) is 0 Å². The van der Waals surface area contributed by atoms with Gasteiger partial charge in [-0.05, 0) is 25.0 Å². The third-order valence-corrected chi connectivity index (χ3v) is 3.08. The minimum absolute atomic E-state index is 0.0990. The second-order valence-electron chi connectivity index (χ2n) is 4.59. The molecule has 7 heteroatoms. The molecule has 0 spiro atoms. The number of hydrogen-bond acceptors (Lipinski definition) is 4. The van der Waals surface area contributed by atoms with Gasteiger partial charge in [-0.3, -0.25) is 0 Å². The van der Waals surface area contributed by atoms with Crippen LogP contribution in [0.2, 0.25) is 0 Å². The number of rotatable bonds is 5. The SMILES string of the molecule is COCCN(c1nc(C(F)(F)F)ccc1C#N)C1CC1. The van der Waals surface area contributed by atoms with E-state index in [1.54, 1.807) is 4.90 Å². The average Bonchev–Trinajstić information content (AvgIpc) is 3.22. The standard InChI is InChI=1S/C13H14F3N3O/c1-20-7-6-19(10-3-4-10)12-9(8-17)2-5-11(18-12)13(14,15)16/h2,5,10H,3-4,6-7H2,1H3. The Kier molecular flexibility index (Phi) is 4.14. The quantitative estimate of drug-likeness (QED) is 0.834. The summed E-state index contributed by atoms with van der Waals surface area (Å²) in [5.41, 5.74) is -0.824. The lowest BCUT2D eigenvalue weighted by molar-refractivity contribution is -0.141. The van der Waals surface area contributed by atoms with Crippen LogP contribution < -0.4 is 4.90 Å². The second kappa shape index (κ2) is 5.67. The molecule has 0 bridgehead atoms. The van der Waals surface area contributed by atoms with E-state index in [1.165, 1.54) is 13.2 Å². The van der Waals surface area contributed by atoms with E-state index in [0.29, 0.717) is 13.2 Å². The average molecular weight is 285 g/mol. The van der Waals surface area contributed by atoms with Crippen molar-refractivity contribution >= 4 is 5.82 Å². The van der Waals surface area contributed by atoms with Crippen LogP contribution in [0.1, 0.15) is 24.1 Å². The molecule has 0 N–H and O–H groups in total. The molecule has 1 fully saturated rings. The van der Waals surface area contributed by atoms with Crippen molar-refractivity contribution in [2.45, 2.75) is 25.1 Å². The van der Waals surface area contributed by atoms with Gasteiger partial charge in [-0.1, -0.05) is 0 Å². The minimum atomic E-state index is -4.51. The monoisotopic (exact) mass is 285 g/mol. The molecule has 0 radical (unpaired) electrons. The van der Waals surface area contributed by atoms with E-state index < -0.39 is 11.9 Å². The van der Waals surface area contributed by atoms with Crippen LogP contribution in [-0.2, 0) is 10.9 Å². The first kappa shape index (κ1) is 14.6. The largest absolute Gasteiger partial charge is 0.433 e. The Labute approximate surface area is 114 Å². The molecule has 0 unspecified atom stereocenters. The molecule has 0 amide bonds. The van der Waals surface area contributed by atoms with Crippen molar-refractivity contribution < 1.29 is 17.9 Å². The molecule has 1 aromatic rings. The predicted octanol–water partition coefficient (Wildman–Crippen LogP) is 2.59. The molecular formula is C13H14F3N3O. The summed E-state index contributed by atoms with van der Waals surface area (Å²) in [6, 6.07) is 4.06. The van der Waals surface area contributed by atoms with Crippen LogP contribution in [0.4, 0.5) is 19.0 Å². The molecule has 20 heavy (non-hydrogen) atoms. The Balaban J connectivity index is 2.38. The van der Waals surface area contributed by atoms with Crippen LogP contribution in [0.3, 0.4) is 0 Å². The normalized spacial score (nSPS) is 14.9. The third kappa shape index (κ3) is 3.20. The highest BCUT2D eigenvalue weighted by Gasteiger charge is 2.36. The molecule has 1 aliphatic rings. The van der Waals surface area contributed by atoms with Crippen LogP contribution >= 0.6 is 0 Å². The lowest BCUT2D eigenvalue weighted by Gasteiger charge is -2.24. The van der Waals surface area contributed by atoms with Crippen LogP contribution in [0, 0.1) is 11.3 Å². The number of nitriles is 1. The van der Waals surface area contributed by atoms with Gasteiger partial charge in [0.15, 0.2) is 0 Å². The summed E-state index contributed by atoms with van der Waals surface area (Å²) < 4.78 is 43.2. The number of hydrogen-bond donors (Lipinski definition) is 0. The highest BCUT2D eigenvalue weighted by atomic mass is 19.4. The number of halogens is 3. The summed E-state index contributed by atoms with van der Waals surface area (Å²) in [5.74, 6) is 0.0990. The van der Waals surface area contributed by atoms with Crippen molar-refractivity contribution in [2.75, 3.05) is 25.2 Å². The van der Waals surface area contributed by atoms with E-state index in [1.807, 2.05) is 6.07 Å². The fourth-order valence-electron chi connectivity index (χ4n) is 1.95. The Hall–Kier alpha value is -1.81. The van der Waals surface area contributed by atoms with E-state index in [4.69, 9.17) is 10.00 Å². The van der Waals surface area contributed by atoms with Gasteiger partial charge in [-0.25, -0.2) is 4.98 Å². The number of nitrogens with zero attached hydrogens (tertiary/aromatic N) is 3. The lowest BCUT2D eigenvalue weighted by atomic mass is 10.2. The van der Waals surface area contributed by atoms with E-state index in [2.05, 4.69) is 4.98 Å². The number of pyridine rings is 1. The fraction of sp³-hybridized carbons (Fsp3) is 0.538. The van der Waals surface area contributed by atoms with E-state index >= 15 is 0 Å². The zero-order valence-corrected chi connectivity index (χ0v) is 10.9. The van der Waals surface area contributed by atoms with Crippen LogP contribution in [0.15, 0.2) is 12.1 Å². The second-order valence-corrected chi connectivity index (χ2v) is 4.59. The third-order valence-electron chi connectivity index (χ3n) is 3.08. The summed E-state index contributed by atoms with van der Waals surface area (Å²) in [4.78, 5) is 5.39. The van der Waals surface area contributed by atoms with Crippen LogP contribution in [-0.4, -0.2) is 31.3 Å². The zero-order chi connectivity index (χ0) is 14.8. The fourth-order valence-corrected chi connectivity index (χ4v) is 1.95. The van der Waals surface area contributed by atoms with Crippen LogP contribution in [0.5, 0.6) is 0 Å². The van der Waals surface area contributed by atoms with E-state index in [9.17, 15) is 13.2 Å². The Morgan fingerprint density at radius 3 is 2.65 bits per heavy atom. The van der Waals surface area contributed by atoms with Crippen molar-refractivity contribution in [3.63, 3.8) is 0 Å². The van der Waals surface area contributed by atoms with Gasteiger partial charge in [0.1, 0.15) is 17.6 Å². The number of alkyl halides is 3. The van der Waals surface area contributed by atoms with E-state index in [0.717, 1.165) is 18.9 Å². The first-order chi connectivity index (χ1) is 9.47. The van der Waals surface area contributed by atoms with Crippen molar-refractivity contribution in [1.82, 2.24) is 4.98 Å². The maximum atomic E-state index is 12.7. The molecule has 0 aliphatic heterocycles. The summed E-state index contributed by atoms with van der Waals surface area (Å²) in [7, 11) is 1.52. The number of aromatic nitrogens is 1. The predicted molar refractivity (Wildman–Crippen MR) is 66.2 cm³/mol. The molecule has 1 aromatic heterocycles. The molecule has 2 rings (SSSR count). The molecule has 0 saturated heterocycles. The van der Waals surface area contributed by atoms with E-state index in [-0.39, 0.29) is 17.4 Å². The van der Waals surface area contributed by atoms with Crippen molar-refractivity contribution in [2.24, 2.45) is 0 Å². The summed E-state index contributed by atoms with van der Waals surface area (Å²) >= 11 is 0. The number of methoxy groups -OCH3 is 1. The van der Waals surface area contributed by atoms with Crippen LogP contribution in [0.25, 0.3) is 0 Å². The van der Waals surface area contributed by atoms with Gasteiger partial charge in [0, 0.05) is 19.7 Å². The Morgan fingerprint density at radius 2 is 2.15 bits per heavy atom. The molecule has 0 aromatic carbocycles. The first-order valence-corrected chi connectivity index (χ1v) is 6.21. The zero-order valence-electron chi connectivity index (χ0n) is 10.9. The van der Waals surface area contributed by atoms with Crippen molar-refractivity contribution in [3.05, 3.63) is 23.4 Å². The number of ether oxygens (including phenoxy) is 1. The van der Waals surface area contributed by atoms with Gasteiger partial charge >= 0.3 is 6.18 Å². The van der Waals surface area contributed by atoms with Crippen molar-refractivity contribution in [1.29, 1.82) is 5.26 Å². The van der Waals surface area contributed by atoms with Gasteiger partial charge in [0.05, 0.1) is 12.2 Å². The molecule has 4 nitrogen and oxygen atoms in total. The highest BCUT2D eigenvalue weighted by Crippen LogP contribution is 2.35. The van der Waals surface area contributed by atoms with Gasteiger partial charge in [0.25, 0.3) is 0 Å².